The Kier molecular flexibility index (Phi) is 5.33. The summed E-state index contributed by atoms with van der Waals surface area (Å²) < 4.78 is 5.01. The highest BCUT2D eigenvalue weighted by Gasteiger charge is 2.25. The highest BCUT2D eigenvalue weighted by Crippen LogP contribution is 2.20. The number of anilines is 1. The molecule has 1 atom stereocenters. The maximum Gasteiger partial charge on any atom is 0.340 e. The van der Waals surface area contributed by atoms with Crippen LogP contribution in [-0.4, -0.2) is 43.5 Å². The Morgan fingerprint density at radius 1 is 1.38 bits per heavy atom. The molecule has 5 nitrogen and oxygen atoms in total. The fraction of sp³-hybridized carbons (Fsp3) is 0.500. The van der Waals surface area contributed by atoms with Crippen molar-refractivity contribution in [2.75, 3.05) is 32.1 Å². The van der Waals surface area contributed by atoms with Gasteiger partial charge in [-0.05, 0) is 45.5 Å². The van der Waals surface area contributed by atoms with Gasteiger partial charge in [0.05, 0.1) is 23.8 Å². The van der Waals surface area contributed by atoms with Gasteiger partial charge in [0.1, 0.15) is 0 Å². The van der Waals surface area contributed by atoms with Gasteiger partial charge in [0.25, 0.3) is 0 Å². The first-order valence-electron chi connectivity index (χ1n) is 7.37. The molecule has 1 aliphatic heterocycles. The Morgan fingerprint density at radius 2 is 2.14 bits per heavy atom. The molecular weight excluding hydrogens is 268 g/mol. The van der Waals surface area contributed by atoms with E-state index >= 15 is 0 Å². The first kappa shape index (κ1) is 15.5. The molecule has 1 heterocycles. The van der Waals surface area contributed by atoms with Crippen molar-refractivity contribution in [3.8, 4) is 0 Å². The monoisotopic (exact) mass is 290 g/mol. The van der Waals surface area contributed by atoms with Crippen molar-refractivity contribution in [3.05, 3.63) is 29.8 Å². The van der Waals surface area contributed by atoms with Gasteiger partial charge in [-0.1, -0.05) is 12.1 Å². The van der Waals surface area contributed by atoms with Gasteiger partial charge in [0.15, 0.2) is 0 Å². The maximum atomic E-state index is 12.4. The van der Waals surface area contributed by atoms with Crippen LogP contribution in [0.3, 0.4) is 0 Å². The van der Waals surface area contributed by atoms with Gasteiger partial charge >= 0.3 is 5.97 Å². The van der Waals surface area contributed by atoms with Crippen LogP contribution in [0.5, 0.6) is 0 Å². The van der Waals surface area contributed by atoms with Gasteiger partial charge in [-0.25, -0.2) is 4.79 Å². The van der Waals surface area contributed by atoms with Crippen molar-refractivity contribution in [2.24, 2.45) is 5.92 Å². The number of piperidine rings is 1. The predicted molar refractivity (Wildman–Crippen MR) is 81.2 cm³/mol. The second-order valence-corrected chi connectivity index (χ2v) is 5.36. The van der Waals surface area contributed by atoms with Crippen molar-refractivity contribution < 1.29 is 14.3 Å². The van der Waals surface area contributed by atoms with E-state index in [0.717, 1.165) is 25.9 Å². The fourth-order valence-electron chi connectivity index (χ4n) is 2.59. The molecule has 21 heavy (non-hydrogen) atoms. The van der Waals surface area contributed by atoms with Gasteiger partial charge in [-0.2, -0.15) is 0 Å². The average Bonchev–Trinajstić information content (AvgIpc) is 2.48. The van der Waals surface area contributed by atoms with Crippen molar-refractivity contribution in [2.45, 2.75) is 19.8 Å². The molecule has 0 aliphatic carbocycles. The number of likely N-dealkylation sites (tertiary alicyclic amines) is 1. The highest BCUT2D eigenvalue weighted by molar-refractivity contribution is 6.01. The quantitative estimate of drug-likeness (QED) is 0.863. The summed E-state index contributed by atoms with van der Waals surface area (Å²) in [5, 5.41) is 2.87. The lowest BCUT2D eigenvalue weighted by Gasteiger charge is -2.28. The number of benzene rings is 1. The molecule has 1 aliphatic rings. The van der Waals surface area contributed by atoms with Crippen LogP contribution in [-0.2, 0) is 9.53 Å². The van der Waals surface area contributed by atoms with Gasteiger partial charge in [0.2, 0.25) is 5.91 Å². The van der Waals surface area contributed by atoms with Crippen LogP contribution < -0.4 is 5.32 Å². The zero-order valence-corrected chi connectivity index (χ0v) is 12.6. The third kappa shape index (κ3) is 4.04. The lowest BCUT2D eigenvalue weighted by atomic mass is 9.97. The van der Waals surface area contributed by atoms with Gasteiger partial charge < -0.3 is 15.0 Å². The van der Waals surface area contributed by atoms with E-state index in [2.05, 4.69) is 10.2 Å². The average molecular weight is 290 g/mol. The molecule has 0 radical (unpaired) electrons. The summed E-state index contributed by atoms with van der Waals surface area (Å²) in [5.74, 6) is -0.466. The van der Waals surface area contributed by atoms with E-state index in [0.29, 0.717) is 17.9 Å². The molecular formula is C16H22N2O3. The van der Waals surface area contributed by atoms with Gasteiger partial charge in [-0.3, -0.25) is 4.79 Å². The normalized spacial score (nSPS) is 19.0. The number of ether oxygens (including phenoxy) is 1. The largest absolute Gasteiger partial charge is 0.462 e. The van der Waals surface area contributed by atoms with Crippen LogP contribution in [0, 0.1) is 5.92 Å². The lowest BCUT2D eigenvalue weighted by Crippen LogP contribution is -2.38. The lowest BCUT2D eigenvalue weighted by molar-refractivity contribution is -0.121. The number of rotatable bonds is 4. The summed E-state index contributed by atoms with van der Waals surface area (Å²) in [6.45, 7) is 3.86. The number of carbonyl (C=O) groups is 2. The van der Waals surface area contributed by atoms with Crippen LogP contribution >= 0.6 is 0 Å². The van der Waals surface area contributed by atoms with E-state index in [9.17, 15) is 9.59 Å². The molecule has 1 aromatic rings. The van der Waals surface area contributed by atoms with Crippen molar-refractivity contribution in [3.63, 3.8) is 0 Å². The summed E-state index contributed by atoms with van der Waals surface area (Å²) in [6, 6.07) is 6.96. The van der Waals surface area contributed by atoms with Crippen LogP contribution in [0.25, 0.3) is 0 Å². The second-order valence-electron chi connectivity index (χ2n) is 5.36. The number of hydrogen-bond acceptors (Lipinski definition) is 4. The van der Waals surface area contributed by atoms with Crippen LogP contribution in [0.1, 0.15) is 30.1 Å². The standard InChI is InChI=1S/C16H22N2O3/c1-3-21-16(20)13-8-4-5-9-14(13)17-15(19)12-7-6-10-18(2)11-12/h4-5,8-9,12H,3,6-7,10-11H2,1-2H3,(H,17,19). The maximum absolute atomic E-state index is 12.4. The molecule has 114 valence electrons. The number of hydrogen-bond donors (Lipinski definition) is 1. The van der Waals surface area contributed by atoms with Gasteiger partial charge in [-0.15, -0.1) is 0 Å². The van der Waals surface area contributed by atoms with Crippen LogP contribution in [0.15, 0.2) is 24.3 Å². The zero-order chi connectivity index (χ0) is 15.2. The van der Waals surface area contributed by atoms with Crippen molar-refractivity contribution in [1.82, 2.24) is 4.90 Å². The molecule has 0 saturated carbocycles. The second kappa shape index (κ2) is 7.22. The Bertz CT molecular complexity index is 516. The first-order valence-corrected chi connectivity index (χ1v) is 7.37. The van der Waals surface area contributed by atoms with Gasteiger partial charge in [0, 0.05) is 6.54 Å². The molecule has 1 amide bonds. The van der Waals surface area contributed by atoms with Crippen LogP contribution in [0.4, 0.5) is 5.69 Å². The predicted octanol–water partition coefficient (Wildman–Crippen LogP) is 2.14. The molecule has 0 bridgehead atoms. The summed E-state index contributed by atoms with van der Waals surface area (Å²) >= 11 is 0. The van der Waals surface area contributed by atoms with E-state index in [1.54, 1.807) is 31.2 Å². The summed E-state index contributed by atoms with van der Waals surface area (Å²) in [6.07, 6.45) is 1.91. The van der Waals surface area contributed by atoms with E-state index in [1.807, 2.05) is 7.05 Å². The molecule has 2 rings (SSSR count). The number of esters is 1. The minimum atomic E-state index is -0.408. The number of para-hydroxylation sites is 1. The Morgan fingerprint density at radius 3 is 2.86 bits per heavy atom. The molecule has 1 aromatic carbocycles. The number of carbonyl (C=O) groups excluding carboxylic acids is 2. The summed E-state index contributed by atoms with van der Waals surface area (Å²) in [4.78, 5) is 26.4. The minimum absolute atomic E-state index is 0.0287. The smallest absolute Gasteiger partial charge is 0.340 e. The Labute approximate surface area is 125 Å². The summed E-state index contributed by atoms with van der Waals surface area (Å²) in [5.41, 5.74) is 0.922. The van der Waals surface area contributed by atoms with E-state index in [-0.39, 0.29) is 11.8 Å². The first-order chi connectivity index (χ1) is 10.1. The fourth-order valence-corrected chi connectivity index (χ4v) is 2.59. The molecule has 1 fully saturated rings. The number of nitrogens with zero attached hydrogens (tertiary/aromatic N) is 1. The molecule has 1 saturated heterocycles. The SMILES string of the molecule is CCOC(=O)c1ccccc1NC(=O)C1CCCN(C)C1. The topological polar surface area (TPSA) is 58.6 Å². The van der Waals surface area contributed by atoms with E-state index in [1.165, 1.54) is 0 Å². The Hall–Kier alpha value is -1.88. The van der Waals surface area contributed by atoms with Crippen molar-refractivity contribution in [1.29, 1.82) is 0 Å². The zero-order valence-electron chi connectivity index (χ0n) is 12.6. The highest BCUT2D eigenvalue weighted by atomic mass is 16.5. The molecule has 0 spiro atoms. The minimum Gasteiger partial charge on any atom is -0.462 e. The number of nitrogens with one attached hydrogen (secondary N) is 1. The molecule has 1 N–H and O–H groups in total. The Balaban J connectivity index is 2.08. The summed E-state index contributed by atoms with van der Waals surface area (Å²) in [7, 11) is 2.02. The third-order valence-electron chi connectivity index (χ3n) is 3.68. The molecule has 5 heteroatoms. The van der Waals surface area contributed by atoms with E-state index < -0.39 is 5.97 Å². The number of amides is 1. The third-order valence-corrected chi connectivity index (χ3v) is 3.68. The molecule has 1 unspecified atom stereocenters. The van der Waals surface area contributed by atoms with E-state index in [4.69, 9.17) is 4.74 Å². The van der Waals surface area contributed by atoms with Crippen molar-refractivity contribution >= 4 is 17.6 Å². The van der Waals surface area contributed by atoms with Crippen LogP contribution in [0.2, 0.25) is 0 Å². The molecule has 0 aromatic heterocycles.